The number of aliphatic hydroxyl groups excluding tert-OH is 1. The molecule has 0 aliphatic heterocycles. The van der Waals surface area contributed by atoms with E-state index >= 15 is 0 Å². The first-order valence-corrected chi connectivity index (χ1v) is 30.6. The van der Waals surface area contributed by atoms with Crippen LogP contribution in [0.2, 0.25) is 0 Å². The molecule has 0 saturated carbocycles. The van der Waals surface area contributed by atoms with Crippen LogP contribution >= 0.6 is 7.82 Å². The minimum absolute atomic E-state index is 0.0513. The molecule has 0 aliphatic rings. The Kier molecular flexibility index (Phi) is 50.4. The van der Waals surface area contributed by atoms with Crippen molar-refractivity contribution in [3.8, 4) is 0 Å². The van der Waals surface area contributed by atoms with E-state index < -0.39 is 20.0 Å². The summed E-state index contributed by atoms with van der Waals surface area (Å²) in [6.07, 6.45) is 75.4. The normalized spacial score (nSPS) is 14.6. The predicted octanol–water partition coefficient (Wildman–Crippen LogP) is 17.8. The van der Waals surface area contributed by atoms with E-state index in [0.717, 1.165) is 83.5 Å². The number of phosphoric acid groups is 1. The number of carbonyl (C=O) groups excluding carboxylic acids is 1. The number of hydrogen-bond acceptors (Lipinski definition) is 5. The molecule has 1 amide bonds. The van der Waals surface area contributed by atoms with Gasteiger partial charge < -0.3 is 19.8 Å². The largest absolute Gasteiger partial charge is 0.472 e. The van der Waals surface area contributed by atoms with Crippen LogP contribution < -0.4 is 5.32 Å². The molecule has 410 valence electrons. The molecule has 71 heavy (non-hydrogen) atoms. The maximum Gasteiger partial charge on any atom is 0.472 e. The summed E-state index contributed by atoms with van der Waals surface area (Å²) in [5.74, 6) is -0.193. The first kappa shape index (κ1) is 68.4. The maximum atomic E-state index is 12.9. The quantitative estimate of drug-likeness (QED) is 0.0243. The van der Waals surface area contributed by atoms with Gasteiger partial charge in [-0.3, -0.25) is 13.8 Å². The van der Waals surface area contributed by atoms with Crippen LogP contribution in [0.25, 0.3) is 0 Å². The summed E-state index contributed by atoms with van der Waals surface area (Å²) < 4.78 is 23.6. The Morgan fingerprint density at radius 2 is 0.859 bits per heavy atom. The summed E-state index contributed by atoms with van der Waals surface area (Å²) in [4.78, 5) is 23.2. The van der Waals surface area contributed by atoms with Gasteiger partial charge in [-0.1, -0.05) is 246 Å². The second-order valence-corrected chi connectivity index (χ2v) is 22.1. The van der Waals surface area contributed by atoms with E-state index in [2.05, 4.69) is 104 Å². The molecule has 0 rings (SSSR count). The highest BCUT2D eigenvalue weighted by Crippen LogP contribution is 2.43. The number of amides is 1. The monoisotopic (exact) mass is 1010 g/mol. The fourth-order valence-corrected chi connectivity index (χ4v) is 8.71. The van der Waals surface area contributed by atoms with E-state index in [1.807, 2.05) is 27.2 Å². The molecule has 0 spiro atoms. The molecule has 0 fully saturated rings. The minimum atomic E-state index is -4.36. The second-order valence-electron chi connectivity index (χ2n) is 20.6. The third-order valence-electron chi connectivity index (χ3n) is 12.5. The summed E-state index contributed by atoms with van der Waals surface area (Å²) in [6.45, 7) is 4.62. The number of aliphatic hydroxyl groups is 1. The third-order valence-corrected chi connectivity index (χ3v) is 13.5. The van der Waals surface area contributed by atoms with Gasteiger partial charge in [-0.25, -0.2) is 4.57 Å². The van der Waals surface area contributed by atoms with E-state index in [4.69, 9.17) is 9.05 Å². The Balaban J connectivity index is 3.97. The van der Waals surface area contributed by atoms with Crippen LogP contribution in [0.1, 0.15) is 239 Å². The average Bonchev–Trinajstić information content (AvgIpc) is 3.33. The third kappa shape index (κ3) is 55.0. The number of hydrogen-bond donors (Lipinski definition) is 3. The van der Waals surface area contributed by atoms with Crippen molar-refractivity contribution in [3.05, 3.63) is 97.2 Å². The zero-order valence-corrected chi connectivity index (χ0v) is 47.6. The standard InChI is InChI=1S/C62H111N2O6P/c1-6-8-10-12-14-16-18-20-21-22-23-24-25-26-27-28-29-30-31-32-33-34-35-36-37-38-39-40-41-42-43-44-46-48-50-52-54-56-62(66)63-60(59-70-71(67,68)69-58-57-64(3,4)5)61(65)55-53-51-49-47-45-19-17-15-13-11-9-7-2/h8,10,13-16,20-21,23-24,26-27,45,47,53,55,60-61,65H,6-7,9,11-12,17-19,22,25,28-44,46,48-52,54,56-59H2,1-5H3,(H-,63,66,67,68)/p+1/b10-8-,15-13+,16-14-,21-20-,24-23-,27-26-,47-45+,55-53+. The molecule has 0 aromatic rings. The second kappa shape index (κ2) is 52.3. The molecule has 3 unspecified atom stereocenters. The van der Waals surface area contributed by atoms with Crippen LogP contribution in [0.5, 0.6) is 0 Å². The van der Waals surface area contributed by atoms with Crippen molar-refractivity contribution in [2.75, 3.05) is 40.9 Å². The van der Waals surface area contributed by atoms with Gasteiger partial charge in [-0.2, -0.15) is 0 Å². The Labute approximate surface area is 439 Å². The van der Waals surface area contributed by atoms with Crippen molar-refractivity contribution in [2.24, 2.45) is 0 Å². The van der Waals surface area contributed by atoms with E-state index in [0.29, 0.717) is 17.4 Å². The van der Waals surface area contributed by atoms with Gasteiger partial charge in [0.1, 0.15) is 13.2 Å². The molecular weight excluding hydrogens is 900 g/mol. The molecule has 0 aliphatic carbocycles. The van der Waals surface area contributed by atoms with Gasteiger partial charge in [0.25, 0.3) is 0 Å². The van der Waals surface area contributed by atoms with Crippen LogP contribution in [0.3, 0.4) is 0 Å². The lowest BCUT2D eigenvalue weighted by molar-refractivity contribution is -0.870. The van der Waals surface area contributed by atoms with Gasteiger partial charge in [0.15, 0.2) is 0 Å². The average molecular weight is 1010 g/mol. The Hall–Kier alpha value is -2.58. The van der Waals surface area contributed by atoms with Crippen molar-refractivity contribution in [1.82, 2.24) is 5.32 Å². The number of rotatable bonds is 52. The minimum Gasteiger partial charge on any atom is -0.387 e. The van der Waals surface area contributed by atoms with Crippen LogP contribution in [-0.4, -0.2) is 73.4 Å². The summed E-state index contributed by atoms with van der Waals surface area (Å²) in [7, 11) is 1.54. The molecule has 0 aromatic carbocycles. The first-order chi connectivity index (χ1) is 34.5. The van der Waals surface area contributed by atoms with Gasteiger partial charge in [0, 0.05) is 6.42 Å². The van der Waals surface area contributed by atoms with Crippen molar-refractivity contribution >= 4 is 13.7 Å². The van der Waals surface area contributed by atoms with Crippen LogP contribution in [-0.2, 0) is 18.4 Å². The molecule has 8 nitrogen and oxygen atoms in total. The zero-order chi connectivity index (χ0) is 52.0. The number of nitrogens with zero attached hydrogens (tertiary/aromatic N) is 1. The summed E-state index contributed by atoms with van der Waals surface area (Å²) in [6, 6.07) is -0.871. The fraction of sp³-hybridized carbons (Fsp3) is 0.726. The Morgan fingerprint density at radius 3 is 1.30 bits per heavy atom. The van der Waals surface area contributed by atoms with E-state index in [9.17, 15) is 19.4 Å². The molecule has 3 atom stereocenters. The van der Waals surface area contributed by atoms with E-state index in [1.165, 1.54) is 135 Å². The molecule has 0 heterocycles. The number of unbranched alkanes of at least 4 members (excludes halogenated alkanes) is 25. The summed E-state index contributed by atoms with van der Waals surface area (Å²) in [5, 5.41) is 13.8. The van der Waals surface area contributed by atoms with Crippen molar-refractivity contribution in [2.45, 2.75) is 251 Å². The molecule has 0 radical (unpaired) electrons. The SMILES string of the molecule is CC/C=C\C/C=C\C/C=C\C/C=C\C/C=C\CCCCCCCCCCCCCCCCCCCCCCCC(=O)NC(COP(=O)(O)OCC[N+](C)(C)C)C(O)/C=C/CC/C=C/CC/C=C/CCCC. The molecule has 0 saturated heterocycles. The van der Waals surface area contributed by atoms with Crippen molar-refractivity contribution < 1.29 is 32.9 Å². The van der Waals surface area contributed by atoms with Crippen molar-refractivity contribution in [1.29, 1.82) is 0 Å². The Morgan fingerprint density at radius 1 is 0.493 bits per heavy atom. The topological polar surface area (TPSA) is 105 Å². The summed E-state index contributed by atoms with van der Waals surface area (Å²) in [5.41, 5.74) is 0. The predicted molar refractivity (Wildman–Crippen MR) is 309 cm³/mol. The fourth-order valence-electron chi connectivity index (χ4n) is 7.97. The first-order valence-electron chi connectivity index (χ1n) is 29.1. The van der Waals surface area contributed by atoms with Crippen LogP contribution in [0.4, 0.5) is 0 Å². The lowest BCUT2D eigenvalue weighted by Crippen LogP contribution is -2.45. The molecule has 3 N–H and O–H groups in total. The number of allylic oxidation sites excluding steroid dienone is 15. The zero-order valence-electron chi connectivity index (χ0n) is 46.7. The number of phosphoric ester groups is 1. The smallest absolute Gasteiger partial charge is 0.387 e. The lowest BCUT2D eigenvalue weighted by atomic mass is 10.0. The molecule has 0 bridgehead atoms. The molecule has 0 aromatic heterocycles. The number of carbonyl (C=O) groups is 1. The van der Waals surface area contributed by atoms with Gasteiger partial charge in [-0.05, 0) is 83.5 Å². The highest BCUT2D eigenvalue weighted by molar-refractivity contribution is 7.47. The lowest BCUT2D eigenvalue weighted by Gasteiger charge is -2.25. The van der Waals surface area contributed by atoms with Gasteiger partial charge >= 0.3 is 7.82 Å². The molecular formula is C62H112N2O6P+. The van der Waals surface area contributed by atoms with Crippen LogP contribution in [0, 0.1) is 0 Å². The summed E-state index contributed by atoms with van der Waals surface area (Å²) >= 11 is 0. The number of likely N-dealkylation sites (N-methyl/N-ethyl adjacent to an activating group) is 1. The number of quaternary nitrogens is 1. The number of nitrogens with one attached hydrogen (secondary N) is 1. The van der Waals surface area contributed by atoms with Crippen LogP contribution in [0.15, 0.2) is 97.2 Å². The maximum absolute atomic E-state index is 12.9. The highest BCUT2D eigenvalue weighted by atomic mass is 31.2. The van der Waals surface area contributed by atoms with E-state index in [-0.39, 0.29) is 19.1 Å². The molecule has 9 heteroatoms. The Bertz CT molecular complexity index is 1470. The van der Waals surface area contributed by atoms with Gasteiger partial charge in [-0.15, -0.1) is 0 Å². The van der Waals surface area contributed by atoms with Crippen molar-refractivity contribution in [3.63, 3.8) is 0 Å². The highest BCUT2D eigenvalue weighted by Gasteiger charge is 2.27. The van der Waals surface area contributed by atoms with Gasteiger partial charge in [0.2, 0.25) is 5.91 Å². The van der Waals surface area contributed by atoms with Gasteiger partial charge in [0.05, 0.1) is 39.9 Å². The van der Waals surface area contributed by atoms with E-state index in [1.54, 1.807) is 6.08 Å².